The lowest BCUT2D eigenvalue weighted by molar-refractivity contribution is -0.132. The van der Waals surface area contributed by atoms with Crippen molar-refractivity contribution < 1.29 is 18.4 Å². The van der Waals surface area contributed by atoms with Crippen LogP contribution >= 0.6 is 0 Å². The Morgan fingerprint density at radius 3 is 2.39 bits per heavy atom. The van der Waals surface area contributed by atoms with E-state index in [0.29, 0.717) is 19.5 Å². The lowest BCUT2D eigenvalue weighted by atomic mass is 10.0. The second-order valence-electron chi connectivity index (χ2n) is 6.32. The molecular formula is C17H22F2N2O2. The first-order chi connectivity index (χ1) is 10.9. The van der Waals surface area contributed by atoms with Crippen LogP contribution in [0.15, 0.2) is 18.2 Å². The molecule has 1 aliphatic rings. The van der Waals surface area contributed by atoms with Gasteiger partial charge in [-0.1, -0.05) is 13.8 Å². The smallest absolute Gasteiger partial charge is 0.252 e. The fourth-order valence-corrected chi connectivity index (χ4v) is 2.73. The molecular weight excluding hydrogens is 302 g/mol. The summed E-state index contributed by atoms with van der Waals surface area (Å²) in [4.78, 5) is 26.5. The zero-order valence-electron chi connectivity index (χ0n) is 13.4. The normalized spacial score (nSPS) is 15.8. The van der Waals surface area contributed by atoms with Crippen LogP contribution in [-0.4, -0.2) is 35.8 Å². The van der Waals surface area contributed by atoms with Gasteiger partial charge in [0.25, 0.3) is 5.91 Å². The Morgan fingerprint density at radius 1 is 1.17 bits per heavy atom. The monoisotopic (exact) mass is 324 g/mol. The van der Waals surface area contributed by atoms with Crippen molar-refractivity contribution in [3.8, 4) is 0 Å². The van der Waals surface area contributed by atoms with Crippen molar-refractivity contribution in [2.75, 3.05) is 13.1 Å². The number of carbonyl (C=O) groups is 2. The molecule has 0 unspecified atom stereocenters. The molecule has 1 saturated heterocycles. The van der Waals surface area contributed by atoms with Gasteiger partial charge in [-0.05, 0) is 43.4 Å². The Hall–Kier alpha value is -1.98. The summed E-state index contributed by atoms with van der Waals surface area (Å²) in [7, 11) is 0. The standard InChI is InChI=1S/C17H22F2N2O2/c1-11(2)9-15(17(23)21-7-3-4-8-21)20-16(22)12-5-6-13(18)14(19)10-12/h5-6,10-11,15H,3-4,7-9H2,1-2H3,(H,20,22)/t15-/m0/s1. The first-order valence-corrected chi connectivity index (χ1v) is 7.93. The molecule has 0 aromatic heterocycles. The molecule has 4 nitrogen and oxygen atoms in total. The summed E-state index contributed by atoms with van der Waals surface area (Å²) >= 11 is 0. The van der Waals surface area contributed by atoms with E-state index in [9.17, 15) is 18.4 Å². The van der Waals surface area contributed by atoms with Gasteiger partial charge < -0.3 is 10.2 Å². The second-order valence-corrected chi connectivity index (χ2v) is 6.32. The lowest BCUT2D eigenvalue weighted by Crippen LogP contribution is -2.48. The topological polar surface area (TPSA) is 49.4 Å². The van der Waals surface area contributed by atoms with E-state index < -0.39 is 23.6 Å². The Balaban J connectivity index is 2.10. The van der Waals surface area contributed by atoms with Gasteiger partial charge in [0, 0.05) is 18.7 Å². The highest BCUT2D eigenvalue weighted by Gasteiger charge is 2.28. The third-order valence-corrected chi connectivity index (χ3v) is 3.91. The Kier molecular flexibility index (Phi) is 5.69. The van der Waals surface area contributed by atoms with Gasteiger partial charge in [-0.25, -0.2) is 8.78 Å². The molecule has 1 heterocycles. The van der Waals surface area contributed by atoms with E-state index in [1.54, 1.807) is 4.90 Å². The van der Waals surface area contributed by atoms with Crippen molar-refractivity contribution in [3.05, 3.63) is 35.4 Å². The van der Waals surface area contributed by atoms with Crippen molar-refractivity contribution in [2.45, 2.75) is 39.2 Å². The second kappa shape index (κ2) is 7.53. The summed E-state index contributed by atoms with van der Waals surface area (Å²) in [6, 6.07) is 2.32. The van der Waals surface area contributed by atoms with E-state index in [1.165, 1.54) is 6.07 Å². The number of rotatable bonds is 5. The SMILES string of the molecule is CC(C)C[C@H](NC(=O)c1ccc(F)c(F)c1)C(=O)N1CCCC1. The van der Waals surface area contributed by atoms with Crippen molar-refractivity contribution in [2.24, 2.45) is 5.92 Å². The van der Waals surface area contributed by atoms with Gasteiger partial charge >= 0.3 is 0 Å². The number of halogens is 2. The first-order valence-electron chi connectivity index (χ1n) is 7.93. The Bertz CT molecular complexity index is 584. The number of likely N-dealkylation sites (tertiary alicyclic amines) is 1. The molecule has 1 aliphatic heterocycles. The number of nitrogens with zero attached hydrogens (tertiary/aromatic N) is 1. The van der Waals surface area contributed by atoms with Crippen molar-refractivity contribution >= 4 is 11.8 Å². The highest BCUT2D eigenvalue weighted by Crippen LogP contribution is 2.15. The van der Waals surface area contributed by atoms with Crippen LogP contribution in [0.2, 0.25) is 0 Å². The quantitative estimate of drug-likeness (QED) is 0.905. The molecule has 1 fully saturated rings. The van der Waals surface area contributed by atoms with Crippen LogP contribution in [0.1, 0.15) is 43.5 Å². The summed E-state index contributed by atoms with van der Waals surface area (Å²) in [5, 5.41) is 2.67. The number of hydrogen-bond donors (Lipinski definition) is 1. The fourth-order valence-electron chi connectivity index (χ4n) is 2.73. The maximum Gasteiger partial charge on any atom is 0.252 e. The predicted octanol–water partition coefficient (Wildman–Crippen LogP) is 2.73. The highest BCUT2D eigenvalue weighted by atomic mass is 19.2. The number of benzene rings is 1. The van der Waals surface area contributed by atoms with Gasteiger partial charge in [0.15, 0.2) is 11.6 Å². The Morgan fingerprint density at radius 2 is 1.83 bits per heavy atom. The molecule has 0 bridgehead atoms. The third kappa shape index (κ3) is 4.50. The van der Waals surface area contributed by atoms with Crippen LogP contribution < -0.4 is 5.32 Å². The molecule has 0 saturated carbocycles. The van der Waals surface area contributed by atoms with E-state index in [2.05, 4.69) is 5.32 Å². The largest absolute Gasteiger partial charge is 0.341 e. The summed E-state index contributed by atoms with van der Waals surface area (Å²) < 4.78 is 26.2. The first kappa shape index (κ1) is 17.4. The van der Waals surface area contributed by atoms with Crippen LogP contribution in [0.5, 0.6) is 0 Å². The molecule has 1 aromatic rings. The molecule has 1 N–H and O–H groups in total. The molecule has 0 radical (unpaired) electrons. The zero-order chi connectivity index (χ0) is 17.0. The summed E-state index contributed by atoms with van der Waals surface area (Å²) in [5.41, 5.74) is 0.00637. The third-order valence-electron chi connectivity index (χ3n) is 3.91. The number of nitrogens with one attached hydrogen (secondary N) is 1. The Labute approximate surface area is 134 Å². The van der Waals surface area contributed by atoms with Crippen molar-refractivity contribution in [1.29, 1.82) is 0 Å². The van der Waals surface area contributed by atoms with Crippen LogP contribution in [0.25, 0.3) is 0 Å². The molecule has 6 heteroatoms. The van der Waals surface area contributed by atoms with E-state index in [-0.39, 0.29) is 17.4 Å². The minimum Gasteiger partial charge on any atom is -0.341 e. The molecule has 2 rings (SSSR count). The van der Waals surface area contributed by atoms with E-state index in [1.807, 2.05) is 13.8 Å². The minimum absolute atomic E-state index is 0.00637. The fraction of sp³-hybridized carbons (Fsp3) is 0.529. The van der Waals surface area contributed by atoms with Crippen LogP contribution in [0.4, 0.5) is 8.78 Å². The maximum absolute atomic E-state index is 13.3. The average molecular weight is 324 g/mol. The average Bonchev–Trinajstić information content (AvgIpc) is 3.02. The minimum atomic E-state index is -1.08. The van der Waals surface area contributed by atoms with Gasteiger partial charge in [0.05, 0.1) is 0 Å². The number of amides is 2. The number of hydrogen-bond acceptors (Lipinski definition) is 2. The van der Waals surface area contributed by atoms with Gasteiger partial charge in [-0.15, -0.1) is 0 Å². The van der Waals surface area contributed by atoms with Crippen LogP contribution in [0, 0.1) is 17.6 Å². The van der Waals surface area contributed by atoms with Crippen LogP contribution in [0.3, 0.4) is 0 Å². The molecule has 1 aromatic carbocycles. The summed E-state index contributed by atoms with van der Waals surface area (Å²) in [5.74, 6) is -2.54. The molecule has 0 spiro atoms. The van der Waals surface area contributed by atoms with Gasteiger partial charge in [0.1, 0.15) is 6.04 Å². The lowest BCUT2D eigenvalue weighted by Gasteiger charge is -2.25. The van der Waals surface area contributed by atoms with Crippen molar-refractivity contribution in [3.63, 3.8) is 0 Å². The van der Waals surface area contributed by atoms with E-state index >= 15 is 0 Å². The van der Waals surface area contributed by atoms with E-state index in [4.69, 9.17) is 0 Å². The maximum atomic E-state index is 13.3. The number of carbonyl (C=O) groups excluding carboxylic acids is 2. The van der Waals surface area contributed by atoms with E-state index in [0.717, 1.165) is 25.0 Å². The van der Waals surface area contributed by atoms with Gasteiger partial charge in [0.2, 0.25) is 5.91 Å². The zero-order valence-corrected chi connectivity index (χ0v) is 13.4. The predicted molar refractivity (Wildman–Crippen MR) is 82.9 cm³/mol. The van der Waals surface area contributed by atoms with Crippen molar-refractivity contribution in [1.82, 2.24) is 10.2 Å². The van der Waals surface area contributed by atoms with Gasteiger partial charge in [-0.2, -0.15) is 0 Å². The summed E-state index contributed by atoms with van der Waals surface area (Å²) in [6.07, 6.45) is 2.44. The van der Waals surface area contributed by atoms with Gasteiger partial charge in [-0.3, -0.25) is 9.59 Å². The molecule has 0 aliphatic carbocycles. The molecule has 126 valence electrons. The molecule has 23 heavy (non-hydrogen) atoms. The summed E-state index contributed by atoms with van der Waals surface area (Å²) in [6.45, 7) is 5.34. The molecule has 1 atom stereocenters. The van der Waals surface area contributed by atoms with Crippen LogP contribution in [-0.2, 0) is 4.79 Å². The molecule has 2 amide bonds. The highest BCUT2D eigenvalue weighted by molar-refractivity contribution is 5.97.